The Morgan fingerprint density at radius 1 is 1.00 bits per heavy atom. The van der Waals surface area contributed by atoms with Crippen molar-refractivity contribution in [2.24, 2.45) is 0 Å². The van der Waals surface area contributed by atoms with Gasteiger partial charge in [0.2, 0.25) is 0 Å². The highest BCUT2D eigenvalue weighted by Gasteiger charge is 2.22. The number of aromatic hydroxyl groups is 2. The lowest BCUT2D eigenvalue weighted by Crippen LogP contribution is -2.17. The van der Waals surface area contributed by atoms with E-state index in [9.17, 15) is 10.2 Å². The third kappa shape index (κ3) is 2.15. The maximum Gasteiger partial charge on any atom is 0.123 e. The molecule has 0 unspecified atom stereocenters. The normalized spacial score (nSPS) is 11.9. The fourth-order valence-electron chi connectivity index (χ4n) is 2.67. The second-order valence-electron chi connectivity index (χ2n) is 5.50. The van der Waals surface area contributed by atoms with Crippen molar-refractivity contribution in [2.75, 3.05) is 0 Å². The van der Waals surface area contributed by atoms with Gasteiger partial charge in [0, 0.05) is 5.39 Å². The highest BCUT2D eigenvalue weighted by atomic mass is 16.3. The quantitative estimate of drug-likeness (QED) is 0.843. The van der Waals surface area contributed by atoms with Crippen LogP contribution in [0.3, 0.4) is 0 Å². The molecule has 2 aromatic rings. The van der Waals surface area contributed by atoms with Crippen molar-refractivity contribution in [1.82, 2.24) is 0 Å². The molecular formula is C16H20O2. The van der Waals surface area contributed by atoms with E-state index in [1.54, 1.807) is 24.3 Å². The van der Waals surface area contributed by atoms with Gasteiger partial charge < -0.3 is 10.2 Å². The molecule has 2 N–H and O–H groups in total. The second-order valence-corrected chi connectivity index (χ2v) is 5.50. The number of hydrogen-bond donors (Lipinski definition) is 2. The van der Waals surface area contributed by atoms with E-state index in [2.05, 4.69) is 20.8 Å². The van der Waals surface area contributed by atoms with Crippen LogP contribution in [-0.4, -0.2) is 10.2 Å². The average molecular weight is 244 g/mol. The van der Waals surface area contributed by atoms with Crippen LogP contribution in [0.15, 0.2) is 30.3 Å². The van der Waals surface area contributed by atoms with Crippen LogP contribution >= 0.6 is 0 Å². The van der Waals surface area contributed by atoms with Crippen molar-refractivity contribution in [2.45, 2.75) is 39.0 Å². The summed E-state index contributed by atoms with van der Waals surface area (Å²) in [5.74, 6) is 0.502. The SMILES string of the molecule is CCCC(C)(C)c1ccc(O)c2ccc(O)cc12. The minimum atomic E-state index is 0.0362. The maximum atomic E-state index is 9.90. The second kappa shape index (κ2) is 4.52. The zero-order valence-corrected chi connectivity index (χ0v) is 11.2. The smallest absolute Gasteiger partial charge is 0.123 e. The van der Waals surface area contributed by atoms with Crippen molar-refractivity contribution in [3.8, 4) is 11.5 Å². The summed E-state index contributed by atoms with van der Waals surface area (Å²) in [5, 5.41) is 21.3. The highest BCUT2D eigenvalue weighted by Crippen LogP contribution is 2.38. The Hall–Kier alpha value is -1.70. The molecule has 0 amide bonds. The highest BCUT2D eigenvalue weighted by molar-refractivity contribution is 5.92. The van der Waals surface area contributed by atoms with Crippen molar-refractivity contribution < 1.29 is 10.2 Å². The van der Waals surface area contributed by atoms with Crippen LogP contribution in [0.1, 0.15) is 39.2 Å². The van der Waals surface area contributed by atoms with E-state index in [1.807, 2.05) is 6.07 Å². The molecule has 0 fully saturated rings. The zero-order valence-electron chi connectivity index (χ0n) is 11.2. The van der Waals surface area contributed by atoms with E-state index in [4.69, 9.17) is 0 Å². The predicted octanol–water partition coefficient (Wildman–Crippen LogP) is 4.33. The van der Waals surface area contributed by atoms with Gasteiger partial charge in [0.25, 0.3) is 0 Å². The third-order valence-electron chi connectivity index (χ3n) is 3.58. The Morgan fingerprint density at radius 3 is 2.39 bits per heavy atom. The van der Waals surface area contributed by atoms with Gasteiger partial charge in [-0.1, -0.05) is 33.3 Å². The molecule has 2 rings (SSSR count). The lowest BCUT2D eigenvalue weighted by molar-refractivity contribution is 0.467. The van der Waals surface area contributed by atoms with Gasteiger partial charge in [-0.3, -0.25) is 0 Å². The molecule has 0 aliphatic rings. The first kappa shape index (κ1) is 12.7. The standard InChI is InChI=1S/C16H20O2/c1-4-9-16(2,3)14-7-8-15(18)12-6-5-11(17)10-13(12)14/h5-8,10,17-18H,4,9H2,1-3H3. The molecule has 0 atom stereocenters. The van der Waals surface area contributed by atoms with Gasteiger partial charge in [0.15, 0.2) is 0 Å². The van der Waals surface area contributed by atoms with Crippen molar-refractivity contribution in [3.63, 3.8) is 0 Å². The Morgan fingerprint density at radius 2 is 1.72 bits per heavy atom. The van der Waals surface area contributed by atoms with E-state index < -0.39 is 0 Å². The lowest BCUT2D eigenvalue weighted by Gasteiger charge is -2.26. The van der Waals surface area contributed by atoms with Crippen LogP contribution in [0.2, 0.25) is 0 Å². The van der Waals surface area contributed by atoms with E-state index in [0.29, 0.717) is 0 Å². The van der Waals surface area contributed by atoms with Crippen LogP contribution in [0.4, 0.5) is 0 Å². The average Bonchev–Trinajstić information content (AvgIpc) is 2.28. The first-order valence-electron chi connectivity index (χ1n) is 6.41. The van der Waals surface area contributed by atoms with Gasteiger partial charge in [-0.25, -0.2) is 0 Å². The third-order valence-corrected chi connectivity index (χ3v) is 3.58. The van der Waals surface area contributed by atoms with Gasteiger partial charge in [-0.15, -0.1) is 0 Å². The van der Waals surface area contributed by atoms with E-state index in [0.717, 1.165) is 23.6 Å². The molecule has 0 bridgehead atoms. The molecule has 96 valence electrons. The number of phenolic OH excluding ortho intramolecular Hbond substituents is 2. The van der Waals surface area contributed by atoms with Gasteiger partial charge in [0.05, 0.1) is 0 Å². The summed E-state index contributed by atoms with van der Waals surface area (Å²) < 4.78 is 0. The fraction of sp³-hybridized carbons (Fsp3) is 0.375. The molecular weight excluding hydrogens is 224 g/mol. The summed E-state index contributed by atoms with van der Waals surface area (Å²) in [5.41, 5.74) is 1.21. The van der Waals surface area contributed by atoms with Crippen LogP contribution in [-0.2, 0) is 5.41 Å². The Balaban J connectivity index is 2.72. The Labute approximate surface area is 108 Å². The Bertz CT molecular complexity index is 571. The molecule has 0 aromatic heterocycles. The summed E-state index contributed by atoms with van der Waals surface area (Å²) in [6.07, 6.45) is 2.18. The lowest BCUT2D eigenvalue weighted by atomic mass is 9.78. The van der Waals surface area contributed by atoms with Crippen LogP contribution < -0.4 is 0 Å². The molecule has 0 spiro atoms. The van der Waals surface area contributed by atoms with Gasteiger partial charge in [0.1, 0.15) is 11.5 Å². The molecule has 0 saturated carbocycles. The number of rotatable bonds is 3. The summed E-state index contributed by atoms with van der Waals surface area (Å²) in [4.78, 5) is 0. The number of hydrogen-bond acceptors (Lipinski definition) is 2. The molecule has 2 heteroatoms. The van der Waals surface area contributed by atoms with Crippen LogP contribution in [0.25, 0.3) is 10.8 Å². The van der Waals surface area contributed by atoms with Crippen LogP contribution in [0.5, 0.6) is 11.5 Å². The monoisotopic (exact) mass is 244 g/mol. The summed E-state index contributed by atoms with van der Waals surface area (Å²) >= 11 is 0. The summed E-state index contributed by atoms with van der Waals surface area (Å²) in [6, 6.07) is 8.82. The Kier molecular flexibility index (Phi) is 3.20. The van der Waals surface area contributed by atoms with Gasteiger partial charge in [-0.05, 0) is 47.1 Å². The van der Waals surface area contributed by atoms with Crippen molar-refractivity contribution in [1.29, 1.82) is 0 Å². The molecule has 0 aliphatic heterocycles. The zero-order chi connectivity index (χ0) is 13.3. The maximum absolute atomic E-state index is 9.90. The first-order chi connectivity index (χ1) is 8.45. The molecule has 0 saturated heterocycles. The topological polar surface area (TPSA) is 40.5 Å². The predicted molar refractivity (Wildman–Crippen MR) is 75.2 cm³/mol. The largest absolute Gasteiger partial charge is 0.508 e. The van der Waals surface area contributed by atoms with Gasteiger partial charge in [-0.2, -0.15) is 0 Å². The number of phenols is 2. The van der Waals surface area contributed by atoms with E-state index in [1.165, 1.54) is 5.56 Å². The molecule has 0 radical (unpaired) electrons. The summed E-state index contributed by atoms with van der Waals surface area (Å²) in [7, 11) is 0. The number of fused-ring (bicyclic) bond motifs is 1. The molecule has 2 nitrogen and oxygen atoms in total. The molecule has 2 aromatic carbocycles. The fourth-order valence-corrected chi connectivity index (χ4v) is 2.67. The van der Waals surface area contributed by atoms with Gasteiger partial charge >= 0.3 is 0 Å². The van der Waals surface area contributed by atoms with E-state index >= 15 is 0 Å². The summed E-state index contributed by atoms with van der Waals surface area (Å²) in [6.45, 7) is 6.57. The molecule has 18 heavy (non-hydrogen) atoms. The molecule has 0 aliphatic carbocycles. The van der Waals surface area contributed by atoms with Crippen molar-refractivity contribution in [3.05, 3.63) is 35.9 Å². The molecule has 0 heterocycles. The minimum absolute atomic E-state index is 0.0362. The van der Waals surface area contributed by atoms with E-state index in [-0.39, 0.29) is 16.9 Å². The van der Waals surface area contributed by atoms with Crippen molar-refractivity contribution >= 4 is 10.8 Å². The first-order valence-corrected chi connectivity index (χ1v) is 6.41. The number of benzene rings is 2. The van der Waals surface area contributed by atoms with Crippen LogP contribution in [0, 0.1) is 0 Å². The minimum Gasteiger partial charge on any atom is -0.508 e.